The topological polar surface area (TPSA) is 55.8 Å². The highest BCUT2D eigenvalue weighted by molar-refractivity contribution is 5.76. The van der Waals surface area contributed by atoms with Gasteiger partial charge in [0, 0.05) is 12.6 Å². The summed E-state index contributed by atoms with van der Waals surface area (Å²) < 4.78 is 9.38. The number of esters is 2. The van der Waals surface area contributed by atoms with Gasteiger partial charge in [-0.2, -0.15) is 0 Å². The van der Waals surface area contributed by atoms with Crippen molar-refractivity contribution < 1.29 is 19.1 Å². The van der Waals surface area contributed by atoms with Gasteiger partial charge < -0.3 is 9.47 Å². The number of hydrogen-bond donors (Lipinski definition) is 0. The Morgan fingerprint density at radius 1 is 1.18 bits per heavy atom. The highest BCUT2D eigenvalue weighted by atomic mass is 16.5. The van der Waals surface area contributed by atoms with Crippen molar-refractivity contribution in [2.24, 2.45) is 5.41 Å². The first-order valence-electron chi connectivity index (χ1n) is 5.64. The van der Waals surface area contributed by atoms with Crippen LogP contribution in [0.2, 0.25) is 0 Å². The molecule has 0 N–H and O–H groups in total. The molecule has 0 aliphatic rings. The molecule has 5 nitrogen and oxygen atoms in total. The fraction of sp³-hybridized carbons (Fsp3) is 0.833. The molecule has 0 saturated heterocycles. The van der Waals surface area contributed by atoms with Crippen molar-refractivity contribution in [1.29, 1.82) is 0 Å². The largest absolute Gasteiger partial charge is 0.469 e. The molecule has 0 rings (SSSR count). The maximum Gasteiger partial charge on any atom is 0.319 e. The van der Waals surface area contributed by atoms with E-state index in [1.165, 1.54) is 14.2 Å². The van der Waals surface area contributed by atoms with Crippen LogP contribution in [0.5, 0.6) is 0 Å². The third-order valence-electron chi connectivity index (χ3n) is 2.63. The normalized spacial score (nSPS) is 11.8. The minimum atomic E-state index is -0.646. The van der Waals surface area contributed by atoms with E-state index in [-0.39, 0.29) is 24.5 Å². The Bertz CT molecular complexity index is 274. The second kappa shape index (κ2) is 6.59. The van der Waals surface area contributed by atoms with E-state index in [1.54, 1.807) is 13.8 Å². The molecule has 0 aliphatic heterocycles. The molecule has 5 heteroatoms. The highest BCUT2D eigenvalue weighted by Crippen LogP contribution is 2.20. The molecule has 0 fully saturated rings. The van der Waals surface area contributed by atoms with E-state index in [4.69, 9.17) is 4.74 Å². The molecule has 0 aromatic heterocycles. The third kappa shape index (κ3) is 5.17. The SMILES string of the molecule is COC(=O)CN(CC(C)(C)C(=O)OC)C(C)C. The predicted molar refractivity (Wildman–Crippen MR) is 64.5 cm³/mol. The van der Waals surface area contributed by atoms with Gasteiger partial charge >= 0.3 is 11.9 Å². The lowest BCUT2D eigenvalue weighted by molar-refractivity contribution is -0.153. The van der Waals surface area contributed by atoms with Gasteiger partial charge in [0.15, 0.2) is 0 Å². The summed E-state index contributed by atoms with van der Waals surface area (Å²) in [6, 6.07) is 0.151. The first-order chi connectivity index (χ1) is 7.74. The van der Waals surface area contributed by atoms with Crippen LogP contribution in [0.15, 0.2) is 0 Å². The second-order valence-electron chi connectivity index (χ2n) is 4.95. The summed E-state index contributed by atoms with van der Waals surface area (Å²) in [4.78, 5) is 24.7. The van der Waals surface area contributed by atoms with Gasteiger partial charge in [-0.05, 0) is 27.7 Å². The fourth-order valence-electron chi connectivity index (χ4n) is 1.50. The minimum absolute atomic E-state index is 0.151. The lowest BCUT2D eigenvalue weighted by Gasteiger charge is -2.32. The Kier molecular flexibility index (Phi) is 6.16. The van der Waals surface area contributed by atoms with Crippen LogP contribution >= 0.6 is 0 Å². The van der Waals surface area contributed by atoms with Crippen molar-refractivity contribution >= 4 is 11.9 Å². The van der Waals surface area contributed by atoms with E-state index in [0.717, 1.165) is 0 Å². The van der Waals surface area contributed by atoms with Gasteiger partial charge in [-0.3, -0.25) is 14.5 Å². The summed E-state index contributed by atoms with van der Waals surface area (Å²) in [6.07, 6.45) is 0. The summed E-state index contributed by atoms with van der Waals surface area (Å²) in [5, 5.41) is 0. The van der Waals surface area contributed by atoms with Crippen molar-refractivity contribution in [2.75, 3.05) is 27.3 Å². The Morgan fingerprint density at radius 3 is 2.06 bits per heavy atom. The van der Waals surface area contributed by atoms with Crippen molar-refractivity contribution in [1.82, 2.24) is 4.90 Å². The molecule has 0 aromatic rings. The van der Waals surface area contributed by atoms with E-state index >= 15 is 0 Å². The van der Waals surface area contributed by atoms with Crippen LogP contribution in [0, 0.1) is 5.41 Å². The monoisotopic (exact) mass is 245 g/mol. The van der Waals surface area contributed by atoms with Crippen LogP contribution in [0.1, 0.15) is 27.7 Å². The number of nitrogens with zero attached hydrogens (tertiary/aromatic N) is 1. The number of hydrogen-bond acceptors (Lipinski definition) is 5. The van der Waals surface area contributed by atoms with Crippen LogP contribution in [-0.4, -0.2) is 50.2 Å². The molecule has 0 unspecified atom stereocenters. The average Bonchev–Trinajstić information content (AvgIpc) is 2.26. The summed E-state index contributed by atoms with van der Waals surface area (Å²) in [5.41, 5.74) is -0.646. The van der Waals surface area contributed by atoms with E-state index in [0.29, 0.717) is 6.54 Å². The number of carbonyl (C=O) groups is 2. The van der Waals surface area contributed by atoms with Gasteiger partial charge in [0.25, 0.3) is 0 Å². The van der Waals surface area contributed by atoms with E-state index in [1.807, 2.05) is 18.7 Å². The standard InChI is InChI=1S/C12H23NO4/c1-9(2)13(7-10(14)16-5)8-12(3,4)11(15)17-6/h9H,7-8H2,1-6H3. The van der Waals surface area contributed by atoms with Gasteiger partial charge in [0.2, 0.25) is 0 Å². The smallest absolute Gasteiger partial charge is 0.319 e. The maximum atomic E-state index is 11.6. The lowest BCUT2D eigenvalue weighted by atomic mass is 9.92. The number of methoxy groups -OCH3 is 2. The molecule has 100 valence electrons. The molecule has 0 radical (unpaired) electrons. The Morgan fingerprint density at radius 2 is 1.71 bits per heavy atom. The van der Waals surface area contributed by atoms with Crippen molar-refractivity contribution in [2.45, 2.75) is 33.7 Å². The highest BCUT2D eigenvalue weighted by Gasteiger charge is 2.32. The van der Waals surface area contributed by atoms with Gasteiger partial charge in [0.1, 0.15) is 0 Å². The van der Waals surface area contributed by atoms with Crippen LogP contribution in [0.4, 0.5) is 0 Å². The molecule has 0 amide bonds. The van der Waals surface area contributed by atoms with Crippen LogP contribution in [0.3, 0.4) is 0 Å². The molecule has 17 heavy (non-hydrogen) atoms. The molecule has 0 heterocycles. The fourth-order valence-corrected chi connectivity index (χ4v) is 1.50. The molecule has 0 bridgehead atoms. The Labute approximate surface area is 103 Å². The molecule has 0 atom stereocenters. The summed E-state index contributed by atoms with van der Waals surface area (Å²) in [7, 11) is 2.72. The molecule has 0 spiro atoms. The van der Waals surface area contributed by atoms with Gasteiger partial charge in [-0.1, -0.05) is 0 Å². The van der Waals surface area contributed by atoms with Crippen LogP contribution in [-0.2, 0) is 19.1 Å². The third-order valence-corrected chi connectivity index (χ3v) is 2.63. The van der Waals surface area contributed by atoms with Gasteiger partial charge in [0.05, 0.1) is 26.2 Å². The molecule has 0 aliphatic carbocycles. The first-order valence-corrected chi connectivity index (χ1v) is 5.64. The lowest BCUT2D eigenvalue weighted by Crippen LogP contribution is -2.45. The number of carbonyl (C=O) groups excluding carboxylic acids is 2. The Balaban J connectivity index is 4.64. The summed E-state index contributed by atoms with van der Waals surface area (Å²) in [5.74, 6) is -0.590. The average molecular weight is 245 g/mol. The second-order valence-corrected chi connectivity index (χ2v) is 4.95. The molecular weight excluding hydrogens is 222 g/mol. The summed E-state index contributed by atoms with van der Waals surface area (Å²) in [6.45, 7) is 8.16. The quantitative estimate of drug-likeness (QED) is 0.655. The van der Waals surface area contributed by atoms with Crippen molar-refractivity contribution in [3.8, 4) is 0 Å². The predicted octanol–water partition coefficient (Wildman–Crippen LogP) is 1.07. The zero-order valence-corrected chi connectivity index (χ0v) is 11.6. The zero-order chi connectivity index (χ0) is 13.6. The van der Waals surface area contributed by atoms with E-state index < -0.39 is 5.41 Å². The van der Waals surface area contributed by atoms with E-state index in [9.17, 15) is 9.59 Å². The molecule has 0 saturated carbocycles. The minimum Gasteiger partial charge on any atom is -0.469 e. The number of rotatable bonds is 6. The molecule has 0 aromatic carbocycles. The summed E-state index contributed by atoms with van der Waals surface area (Å²) >= 11 is 0. The molecular formula is C12H23NO4. The van der Waals surface area contributed by atoms with Crippen molar-refractivity contribution in [3.05, 3.63) is 0 Å². The first kappa shape index (κ1) is 15.9. The Hall–Kier alpha value is -1.10. The number of ether oxygens (including phenoxy) is 2. The van der Waals surface area contributed by atoms with Crippen LogP contribution in [0.25, 0.3) is 0 Å². The van der Waals surface area contributed by atoms with Gasteiger partial charge in [-0.25, -0.2) is 0 Å². The zero-order valence-electron chi connectivity index (χ0n) is 11.6. The van der Waals surface area contributed by atoms with E-state index in [2.05, 4.69) is 4.74 Å². The van der Waals surface area contributed by atoms with Crippen LogP contribution < -0.4 is 0 Å². The van der Waals surface area contributed by atoms with Gasteiger partial charge in [-0.15, -0.1) is 0 Å². The van der Waals surface area contributed by atoms with Crippen molar-refractivity contribution in [3.63, 3.8) is 0 Å². The maximum absolute atomic E-state index is 11.6.